The van der Waals surface area contributed by atoms with Crippen LogP contribution in [-0.4, -0.2) is 27.9 Å². The lowest BCUT2D eigenvalue weighted by Gasteiger charge is -2.37. The predicted octanol–water partition coefficient (Wildman–Crippen LogP) is 5.87. The van der Waals surface area contributed by atoms with E-state index in [1.54, 1.807) is 24.3 Å². The van der Waals surface area contributed by atoms with E-state index in [9.17, 15) is 19.1 Å². The topological polar surface area (TPSA) is 76.1 Å². The van der Waals surface area contributed by atoms with Crippen LogP contribution >= 0.6 is 0 Å². The largest absolute Gasteiger partial charge is 0.488 e. The Labute approximate surface area is 226 Å². The van der Waals surface area contributed by atoms with Gasteiger partial charge >= 0.3 is 5.97 Å². The van der Waals surface area contributed by atoms with E-state index in [0.29, 0.717) is 23.7 Å². The normalized spacial score (nSPS) is 15.2. The van der Waals surface area contributed by atoms with Gasteiger partial charge in [-0.15, -0.1) is 0 Å². The van der Waals surface area contributed by atoms with Crippen LogP contribution in [0.3, 0.4) is 0 Å². The van der Waals surface area contributed by atoms with Crippen LogP contribution in [0.1, 0.15) is 33.9 Å². The van der Waals surface area contributed by atoms with Crippen LogP contribution < -0.4 is 9.47 Å². The number of nitrogens with zero attached hydrogens (tertiary/aromatic N) is 1. The zero-order valence-electron chi connectivity index (χ0n) is 21.4. The van der Waals surface area contributed by atoms with Crippen molar-refractivity contribution in [3.05, 3.63) is 131 Å². The maximum atomic E-state index is 14.0. The number of carbonyl (C=O) groups is 2. The summed E-state index contributed by atoms with van der Waals surface area (Å²) in [6, 6.07) is 26.7. The highest BCUT2D eigenvalue weighted by molar-refractivity contribution is 5.88. The Kier molecular flexibility index (Phi) is 7.59. The minimum Gasteiger partial charge on any atom is -0.488 e. The van der Waals surface area contributed by atoms with Gasteiger partial charge < -0.3 is 19.5 Å². The Balaban J connectivity index is 1.47. The average molecular weight is 526 g/mol. The molecule has 4 aromatic rings. The molecule has 2 atom stereocenters. The molecule has 0 radical (unpaired) electrons. The van der Waals surface area contributed by atoms with Gasteiger partial charge in [0.15, 0.2) is 0 Å². The summed E-state index contributed by atoms with van der Waals surface area (Å²) in [5, 5.41) is 10.2. The van der Waals surface area contributed by atoms with Crippen LogP contribution in [0.5, 0.6) is 11.5 Å². The lowest BCUT2D eigenvalue weighted by atomic mass is 9.90. The van der Waals surface area contributed by atoms with Gasteiger partial charge in [-0.1, -0.05) is 72.8 Å². The second-order valence-corrected chi connectivity index (χ2v) is 9.51. The summed E-state index contributed by atoms with van der Waals surface area (Å²) in [7, 11) is 0. The number of halogens is 1. The third-order valence-electron chi connectivity index (χ3n) is 6.86. The molecule has 39 heavy (non-hydrogen) atoms. The quantitative estimate of drug-likeness (QED) is 0.311. The summed E-state index contributed by atoms with van der Waals surface area (Å²) < 4.78 is 25.7. The average Bonchev–Trinajstić information content (AvgIpc) is 2.96. The number of hydrogen-bond acceptors (Lipinski definition) is 4. The lowest BCUT2D eigenvalue weighted by Crippen LogP contribution is -2.51. The number of fused-ring (bicyclic) bond motifs is 1. The lowest BCUT2D eigenvalue weighted by molar-refractivity contribution is -0.155. The molecule has 1 amide bonds. The summed E-state index contributed by atoms with van der Waals surface area (Å²) in [4.78, 5) is 27.8. The van der Waals surface area contributed by atoms with Crippen molar-refractivity contribution in [3.63, 3.8) is 0 Å². The molecule has 5 rings (SSSR count). The molecule has 0 bridgehead atoms. The van der Waals surface area contributed by atoms with Crippen LogP contribution in [0.25, 0.3) is 0 Å². The fourth-order valence-electron chi connectivity index (χ4n) is 4.83. The van der Waals surface area contributed by atoms with Crippen LogP contribution in [0.2, 0.25) is 0 Å². The number of carboxylic acids is 1. The zero-order valence-corrected chi connectivity index (χ0v) is 21.4. The molecule has 1 heterocycles. The van der Waals surface area contributed by atoms with Crippen molar-refractivity contribution >= 4 is 11.9 Å². The van der Waals surface area contributed by atoms with Crippen molar-refractivity contribution in [2.45, 2.75) is 38.6 Å². The first-order chi connectivity index (χ1) is 18.9. The maximum absolute atomic E-state index is 14.0. The fraction of sp³-hybridized carbons (Fsp3) is 0.188. The van der Waals surface area contributed by atoms with Crippen molar-refractivity contribution in [2.75, 3.05) is 0 Å². The number of amides is 1. The number of aryl methyl sites for hydroxylation is 1. The summed E-state index contributed by atoms with van der Waals surface area (Å²) in [5.74, 6) is -1.08. The molecule has 0 unspecified atom stereocenters. The van der Waals surface area contributed by atoms with Crippen LogP contribution in [0.4, 0.5) is 4.39 Å². The van der Waals surface area contributed by atoms with Gasteiger partial charge in [0.25, 0.3) is 5.91 Å². The highest BCUT2D eigenvalue weighted by atomic mass is 19.1. The summed E-state index contributed by atoms with van der Waals surface area (Å²) in [5.41, 5.74) is 4.08. The number of carboxylic acid groups (broad SMARTS) is 1. The second kappa shape index (κ2) is 11.4. The van der Waals surface area contributed by atoms with Crippen molar-refractivity contribution < 1.29 is 28.6 Å². The third-order valence-corrected chi connectivity index (χ3v) is 6.86. The Hall–Kier alpha value is -4.65. The molecule has 1 N–H and O–H groups in total. The van der Waals surface area contributed by atoms with Gasteiger partial charge in [0.2, 0.25) is 6.10 Å². The van der Waals surface area contributed by atoms with E-state index in [-0.39, 0.29) is 13.0 Å². The van der Waals surface area contributed by atoms with Crippen LogP contribution in [-0.2, 0) is 29.2 Å². The SMILES string of the molecule is Cc1ccc2c(c1OCc1ccccc1)C[C@@H](C(=O)O)N(C(=O)[C@@H](Oc1ccc(F)cc1)c1ccccc1)C2. The first kappa shape index (κ1) is 26.0. The first-order valence-corrected chi connectivity index (χ1v) is 12.7. The smallest absolute Gasteiger partial charge is 0.326 e. The standard InChI is InChI=1S/C32H28FNO5/c1-21-12-13-24-19-34(28(32(36)37)18-27(24)29(21)38-20-22-8-4-2-5-9-22)31(35)30(23-10-6-3-7-11-23)39-26-16-14-25(33)15-17-26/h2-17,28,30H,18-20H2,1H3,(H,36,37)/t28-,30-/m0/s1. The fourth-order valence-corrected chi connectivity index (χ4v) is 4.83. The van der Waals surface area contributed by atoms with Crippen molar-refractivity contribution in [1.29, 1.82) is 0 Å². The van der Waals surface area contributed by atoms with Gasteiger partial charge in [0.1, 0.15) is 30.0 Å². The first-order valence-electron chi connectivity index (χ1n) is 12.7. The van der Waals surface area contributed by atoms with Crippen LogP contribution in [0.15, 0.2) is 97.1 Å². The van der Waals surface area contributed by atoms with Crippen LogP contribution in [0, 0.1) is 12.7 Å². The van der Waals surface area contributed by atoms with Gasteiger partial charge in [-0.2, -0.15) is 0 Å². The molecule has 0 spiro atoms. The Bertz CT molecular complexity index is 1460. The van der Waals surface area contributed by atoms with Crippen molar-refractivity contribution in [1.82, 2.24) is 4.90 Å². The molecule has 1 aliphatic rings. The molecule has 0 aliphatic carbocycles. The Morgan fingerprint density at radius 2 is 1.62 bits per heavy atom. The van der Waals surface area contributed by atoms with E-state index in [2.05, 4.69) is 0 Å². The maximum Gasteiger partial charge on any atom is 0.326 e. The number of benzene rings is 4. The number of ether oxygens (including phenoxy) is 2. The minimum atomic E-state index is -1.12. The van der Waals surface area contributed by atoms with E-state index in [0.717, 1.165) is 22.3 Å². The number of aliphatic carboxylic acids is 1. The molecule has 1 aliphatic heterocycles. The van der Waals surface area contributed by atoms with Gasteiger partial charge in [0, 0.05) is 24.1 Å². The summed E-state index contributed by atoms with van der Waals surface area (Å²) in [6.07, 6.45) is -1.01. The monoisotopic (exact) mass is 525 g/mol. The molecular formula is C32H28FNO5. The number of hydrogen-bond donors (Lipinski definition) is 1. The van der Waals surface area contributed by atoms with E-state index >= 15 is 0 Å². The highest BCUT2D eigenvalue weighted by Crippen LogP contribution is 2.36. The summed E-state index contributed by atoms with van der Waals surface area (Å²) >= 11 is 0. The molecule has 7 heteroatoms. The van der Waals surface area contributed by atoms with E-state index < -0.39 is 29.8 Å². The molecule has 0 saturated heterocycles. The second-order valence-electron chi connectivity index (χ2n) is 9.51. The molecule has 4 aromatic carbocycles. The van der Waals surface area contributed by atoms with Gasteiger partial charge in [0.05, 0.1) is 0 Å². The predicted molar refractivity (Wildman–Crippen MR) is 144 cm³/mol. The van der Waals surface area contributed by atoms with E-state index in [1.807, 2.05) is 55.5 Å². The highest BCUT2D eigenvalue weighted by Gasteiger charge is 2.40. The molecule has 198 valence electrons. The summed E-state index contributed by atoms with van der Waals surface area (Å²) in [6.45, 7) is 2.36. The number of carbonyl (C=O) groups excluding carboxylic acids is 1. The molecular weight excluding hydrogens is 497 g/mol. The van der Waals surface area contributed by atoms with E-state index in [1.165, 1.54) is 29.2 Å². The number of rotatable bonds is 8. The zero-order chi connectivity index (χ0) is 27.4. The Morgan fingerprint density at radius 1 is 0.949 bits per heavy atom. The molecule has 0 aromatic heterocycles. The Morgan fingerprint density at radius 3 is 2.28 bits per heavy atom. The minimum absolute atomic E-state index is 0.0865. The van der Waals surface area contributed by atoms with E-state index in [4.69, 9.17) is 9.47 Å². The van der Waals surface area contributed by atoms with Gasteiger partial charge in [-0.05, 0) is 47.9 Å². The third kappa shape index (κ3) is 5.77. The van der Waals surface area contributed by atoms with Crippen molar-refractivity contribution in [2.24, 2.45) is 0 Å². The van der Waals surface area contributed by atoms with Crippen molar-refractivity contribution in [3.8, 4) is 11.5 Å². The molecule has 6 nitrogen and oxygen atoms in total. The molecule has 0 fully saturated rings. The van der Waals surface area contributed by atoms with Gasteiger partial charge in [-0.25, -0.2) is 9.18 Å². The molecule has 0 saturated carbocycles. The van der Waals surface area contributed by atoms with Gasteiger partial charge in [-0.3, -0.25) is 4.79 Å².